The number of amides is 1. The molecule has 148 valence electrons. The predicted octanol–water partition coefficient (Wildman–Crippen LogP) is 3.59. The highest BCUT2D eigenvalue weighted by Crippen LogP contribution is 2.22. The molecule has 0 saturated carbocycles. The molecule has 0 unspecified atom stereocenters. The molecule has 1 amide bonds. The quantitative estimate of drug-likeness (QED) is 0.447. The maximum Gasteiger partial charge on any atom is 0.253 e. The fourth-order valence-corrected chi connectivity index (χ4v) is 3.72. The van der Waals surface area contributed by atoms with Gasteiger partial charge in [0.2, 0.25) is 11.1 Å². The van der Waals surface area contributed by atoms with Crippen LogP contribution < -0.4 is 5.32 Å². The van der Waals surface area contributed by atoms with Crippen LogP contribution in [0.4, 0.5) is 5.69 Å². The summed E-state index contributed by atoms with van der Waals surface area (Å²) in [6, 6.07) is 7.53. The van der Waals surface area contributed by atoms with Gasteiger partial charge >= 0.3 is 0 Å². The van der Waals surface area contributed by atoms with Gasteiger partial charge in [0.15, 0.2) is 0 Å². The number of aromatic nitrogens is 6. The standard InChI is InChI=1S/C19H18BrN7OS/c1-11-14(12(2)27-18(22-11)24-19(25-27)29-3)8-17(28)23-15-6-4-5-7-16(15)26-10-13(20)9-21-26/h4-7,9-10H,8H2,1-3H3,(H,23,28). The molecule has 3 aromatic heterocycles. The van der Waals surface area contributed by atoms with Gasteiger partial charge in [-0.25, -0.2) is 14.2 Å². The molecule has 8 nitrogen and oxygen atoms in total. The van der Waals surface area contributed by atoms with E-state index in [2.05, 4.69) is 41.4 Å². The molecule has 0 atom stereocenters. The van der Waals surface area contributed by atoms with Gasteiger partial charge in [-0.2, -0.15) is 10.1 Å². The molecule has 0 radical (unpaired) electrons. The monoisotopic (exact) mass is 471 g/mol. The lowest BCUT2D eigenvalue weighted by molar-refractivity contribution is -0.115. The number of aryl methyl sites for hydroxylation is 2. The Morgan fingerprint density at radius 3 is 2.76 bits per heavy atom. The Hall–Kier alpha value is -2.72. The van der Waals surface area contributed by atoms with Crippen LogP contribution in [0.25, 0.3) is 11.5 Å². The van der Waals surface area contributed by atoms with E-state index in [1.165, 1.54) is 11.8 Å². The van der Waals surface area contributed by atoms with Gasteiger partial charge in [0.1, 0.15) is 0 Å². The average Bonchev–Trinajstić information content (AvgIpc) is 3.31. The SMILES string of the molecule is CSc1nc2nc(C)c(CC(=O)Nc3ccccc3-n3cc(Br)cn3)c(C)n2n1. The summed E-state index contributed by atoms with van der Waals surface area (Å²) in [7, 11) is 0. The van der Waals surface area contributed by atoms with Gasteiger partial charge < -0.3 is 5.32 Å². The molecule has 0 aliphatic carbocycles. The molecular formula is C19H18BrN7OS. The number of para-hydroxylation sites is 2. The number of carbonyl (C=O) groups is 1. The Bertz CT molecular complexity index is 1220. The summed E-state index contributed by atoms with van der Waals surface area (Å²) in [5, 5.41) is 12.4. The minimum atomic E-state index is -0.138. The molecule has 4 aromatic rings. The van der Waals surface area contributed by atoms with Crippen LogP contribution in [-0.4, -0.2) is 41.5 Å². The normalized spacial score (nSPS) is 11.2. The molecule has 0 bridgehead atoms. The first-order valence-electron chi connectivity index (χ1n) is 8.82. The maximum atomic E-state index is 12.8. The van der Waals surface area contributed by atoms with E-state index in [0.29, 0.717) is 16.6 Å². The number of hydrogen-bond donors (Lipinski definition) is 1. The Balaban J connectivity index is 1.61. The Kier molecular flexibility index (Phi) is 5.37. The molecule has 10 heteroatoms. The van der Waals surface area contributed by atoms with Crippen molar-refractivity contribution >= 4 is 45.1 Å². The number of benzene rings is 1. The second kappa shape index (κ2) is 7.96. The highest BCUT2D eigenvalue weighted by Gasteiger charge is 2.17. The summed E-state index contributed by atoms with van der Waals surface area (Å²) in [5.74, 6) is 0.407. The van der Waals surface area contributed by atoms with Gasteiger partial charge in [0.25, 0.3) is 5.78 Å². The van der Waals surface area contributed by atoms with Crippen molar-refractivity contribution in [1.82, 2.24) is 29.4 Å². The van der Waals surface area contributed by atoms with Crippen LogP contribution in [0.5, 0.6) is 0 Å². The van der Waals surface area contributed by atoms with Crippen LogP contribution in [0.3, 0.4) is 0 Å². The number of carbonyl (C=O) groups excluding carboxylic acids is 1. The third-order valence-electron chi connectivity index (χ3n) is 4.53. The van der Waals surface area contributed by atoms with Crippen LogP contribution in [-0.2, 0) is 11.2 Å². The Labute approximate surface area is 179 Å². The number of fused-ring (bicyclic) bond motifs is 1. The molecule has 0 fully saturated rings. The zero-order valence-electron chi connectivity index (χ0n) is 16.0. The van der Waals surface area contributed by atoms with Crippen LogP contribution in [0.1, 0.15) is 17.0 Å². The summed E-state index contributed by atoms with van der Waals surface area (Å²) in [6.45, 7) is 3.82. The average molecular weight is 472 g/mol. The summed E-state index contributed by atoms with van der Waals surface area (Å²) in [4.78, 5) is 21.7. The lowest BCUT2D eigenvalue weighted by Gasteiger charge is -2.13. The second-order valence-electron chi connectivity index (χ2n) is 6.42. The smallest absolute Gasteiger partial charge is 0.253 e. The third-order valence-corrected chi connectivity index (χ3v) is 5.47. The lowest BCUT2D eigenvalue weighted by atomic mass is 10.1. The molecule has 0 saturated heterocycles. The molecule has 3 heterocycles. The highest BCUT2D eigenvalue weighted by atomic mass is 79.9. The van der Waals surface area contributed by atoms with Crippen molar-refractivity contribution in [3.63, 3.8) is 0 Å². The molecule has 1 N–H and O–H groups in total. The third kappa shape index (κ3) is 3.90. The molecule has 0 spiro atoms. The van der Waals surface area contributed by atoms with Crippen LogP contribution >= 0.6 is 27.7 Å². The van der Waals surface area contributed by atoms with Crippen LogP contribution in [0.2, 0.25) is 0 Å². The van der Waals surface area contributed by atoms with Crippen molar-refractivity contribution in [2.24, 2.45) is 0 Å². The molecule has 4 rings (SSSR count). The number of halogens is 1. The van der Waals surface area contributed by atoms with Gasteiger partial charge in [-0.15, -0.1) is 5.10 Å². The summed E-state index contributed by atoms with van der Waals surface area (Å²) >= 11 is 4.86. The van der Waals surface area contributed by atoms with Gasteiger partial charge in [-0.1, -0.05) is 23.9 Å². The van der Waals surface area contributed by atoms with Gasteiger partial charge in [-0.3, -0.25) is 4.79 Å². The Morgan fingerprint density at radius 2 is 2.03 bits per heavy atom. The van der Waals surface area contributed by atoms with Gasteiger partial charge in [0, 0.05) is 23.1 Å². The predicted molar refractivity (Wildman–Crippen MR) is 116 cm³/mol. The van der Waals surface area contributed by atoms with E-state index in [-0.39, 0.29) is 12.3 Å². The number of hydrogen-bond acceptors (Lipinski definition) is 6. The summed E-state index contributed by atoms with van der Waals surface area (Å²) in [5.41, 5.74) is 3.94. The highest BCUT2D eigenvalue weighted by molar-refractivity contribution is 9.10. The van der Waals surface area contributed by atoms with E-state index in [9.17, 15) is 4.79 Å². The minimum absolute atomic E-state index is 0.138. The Morgan fingerprint density at radius 1 is 1.24 bits per heavy atom. The van der Waals surface area contributed by atoms with Crippen molar-refractivity contribution in [2.45, 2.75) is 25.4 Å². The first-order chi connectivity index (χ1) is 14.0. The molecular weight excluding hydrogens is 454 g/mol. The summed E-state index contributed by atoms with van der Waals surface area (Å²) in [6.07, 6.45) is 5.64. The topological polar surface area (TPSA) is 90.0 Å². The number of rotatable bonds is 5. The van der Waals surface area contributed by atoms with E-state index in [1.807, 2.05) is 50.6 Å². The van der Waals surface area contributed by atoms with Crippen LogP contribution in [0.15, 0.2) is 46.3 Å². The van der Waals surface area contributed by atoms with Crippen LogP contribution in [0, 0.1) is 13.8 Å². The molecule has 0 aliphatic heterocycles. The van der Waals surface area contributed by atoms with E-state index in [1.54, 1.807) is 15.4 Å². The minimum Gasteiger partial charge on any atom is -0.324 e. The first-order valence-corrected chi connectivity index (χ1v) is 10.8. The van der Waals surface area contributed by atoms with Crippen molar-refractivity contribution in [1.29, 1.82) is 0 Å². The molecule has 0 aliphatic rings. The second-order valence-corrected chi connectivity index (χ2v) is 8.11. The lowest BCUT2D eigenvalue weighted by Crippen LogP contribution is -2.19. The van der Waals surface area contributed by atoms with Gasteiger partial charge in [-0.05, 0) is 48.2 Å². The molecule has 1 aromatic carbocycles. The van der Waals surface area contributed by atoms with E-state index in [0.717, 1.165) is 27.1 Å². The van der Waals surface area contributed by atoms with E-state index >= 15 is 0 Å². The zero-order valence-corrected chi connectivity index (χ0v) is 18.5. The molecule has 29 heavy (non-hydrogen) atoms. The number of nitrogens with zero attached hydrogens (tertiary/aromatic N) is 6. The fraction of sp³-hybridized carbons (Fsp3) is 0.211. The number of nitrogens with one attached hydrogen (secondary N) is 1. The van der Waals surface area contributed by atoms with Gasteiger partial charge in [0.05, 0.1) is 28.5 Å². The fourth-order valence-electron chi connectivity index (χ4n) is 3.10. The largest absolute Gasteiger partial charge is 0.324 e. The summed E-state index contributed by atoms with van der Waals surface area (Å²) < 4.78 is 4.27. The van der Waals surface area contributed by atoms with E-state index < -0.39 is 0 Å². The van der Waals surface area contributed by atoms with Crippen molar-refractivity contribution in [2.75, 3.05) is 11.6 Å². The van der Waals surface area contributed by atoms with E-state index in [4.69, 9.17) is 0 Å². The number of anilines is 1. The van der Waals surface area contributed by atoms with Crippen molar-refractivity contribution in [3.05, 3.63) is 58.1 Å². The van der Waals surface area contributed by atoms with Crippen molar-refractivity contribution in [3.8, 4) is 5.69 Å². The first kappa shape index (κ1) is 19.6. The van der Waals surface area contributed by atoms with Crippen molar-refractivity contribution < 1.29 is 4.79 Å². The maximum absolute atomic E-state index is 12.8. The number of thioether (sulfide) groups is 1. The zero-order chi connectivity index (χ0) is 20.5.